The fraction of sp³-hybridized carbons (Fsp3) is 0.282. The lowest BCUT2D eigenvalue weighted by molar-refractivity contribution is -0.401. The van der Waals surface area contributed by atoms with E-state index in [9.17, 15) is 0 Å². The van der Waals surface area contributed by atoms with Gasteiger partial charge >= 0.3 is 0 Å². The van der Waals surface area contributed by atoms with Gasteiger partial charge in [-0.25, -0.2) is 4.98 Å². The van der Waals surface area contributed by atoms with Gasteiger partial charge in [-0.3, -0.25) is 0 Å². The zero-order valence-corrected chi connectivity index (χ0v) is 29.4. The highest BCUT2D eigenvalue weighted by atomic mass is 35.5. The molecular formula is C39H38Cl2N3OS+. The minimum Gasteiger partial charge on any atom is -0.431 e. The van der Waals surface area contributed by atoms with Crippen molar-refractivity contribution < 1.29 is 8.99 Å². The van der Waals surface area contributed by atoms with E-state index >= 15 is 0 Å². The summed E-state index contributed by atoms with van der Waals surface area (Å²) in [6.45, 7) is 9.10. The first-order valence-electron chi connectivity index (χ1n) is 15.8. The van der Waals surface area contributed by atoms with Gasteiger partial charge in [0.1, 0.15) is 12.6 Å². The smallest absolute Gasteiger partial charge is 0.261 e. The van der Waals surface area contributed by atoms with Gasteiger partial charge in [0.2, 0.25) is 5.69 Å². The Labute approximate surface area is 285 Å². The van der Waals surface area contributed by atoms with Crippen molar-refractivity contribution in [2.75, 3.05) is 19.0 Å². The van der Waals surface area contributed by atoms with Gasteiger partial charge in [0.25, 0.3) is 5.22 Å². The van der Waals surface area contributed by atoms with Crippen LogP contribution in [-0.4, -0.2) is 29.4 Å². The van der Waals surface area contributed by atoms with Crippen LogP contribution in [0.15, 0.2) is 116 Å². The van der Waals surface area contributed by atoms with Crippen LogP contribution in [0.3, 0.4) is 0 Å². The summed E-state index contributed by atoms with van der Waals surface area (Å²) in [4.78, 5) is 8.35. The van der Waals surface area contributed by atoms with Crippen molar-refractivity contribution in [2.45, 2.75) is 63.0 Å². The third kappa shape index (κ3) is 5.27. The third-order valence-electron chi connectivity index (χ3n) is 9.81. The number of allylic oxidation sites excluding steroid dienone is 7. The summed E-state index contributed by atoms with van der Waals surface area (Å²) in [5, 5.41) is 2.20. The Kier molecular flexibility index (Phi) is 7.86. The van der Waals surface area contributed by atoms with Crippen LogP contribution in [0.2, 0.25) is 10.0 Å². The molecule has 0 N–H and O–H groups in total. The van der Waals surface area contributed by atoms with Gasteiger partial charge in [0.05, 0.1) is 5.41 Å². The number of nitrogens with zero attached hydrogens (tertiary/aromatic N) is 3. The Balaban J connectivity index is 1.31. The molecule has 0 radical (unpaired) electrons. The van der Waals surface area contributed by atoms with Crippen molar-refractivity contribution in [1.82, 2.24) is 4.98 Å². The van der Waals surface area contributed by atoms with E-state index in [1.165, 1.54) is 50.0 Å². The molecule has 4 aromatic rings. The normalized spacial score (nSPS) is 20.6. The van der Waals surface area contributed by atoms with Gasteiger partial charge in [-0.1, -0.05) is 61.3 Å². The Morgan fingerprint density at radius 1 is 0.891 bits per heavy atom. The molecule has 3 heterocycles. The summed E-state index contributed by atoms with van der Waals surface area (Å²) in [5.74, 6) is 0. The third-order valence-corrected chi connectivity index (χ3v) is 11.4. The number of fused-ring (bicyclic) bond motifs is 3. The largest absolute Gasteiger partial charge is 0.431 e. The van der Waals surface area contributed by atoms with E-state index in [0.29, 0.717) is 5.22 Å². The maximum atomic E-state index is 6.43. The quantitative estimate of drug-likeness (QED) is 0.198. The highest BCUT2D eigenvalue weighted by Crippen LogP contribution is 2.49. The molecule has 3 aliphatic rings. The predicted octanol–water partition coefficient (Wildman–Crippen LogP) is 11.2. The molecule has 0 bridgehead atoms. The second kappa shape index (κ2) is 11.6. The van der Waals surface area contributed by atoms with E-state index in [0.717, 1.165) is 40.4 Å². The molecule has 0 amide bonds. The van der Waals surface area contributed by atoms with Crippen LogP contribution >= 0.6 is 35.0 Å². The first kappa shape index (κ1) is 31.1. The number of hydrogen-bond donors (Lipinski definition) is 0. The molecule has 3 aromatic carbocycles. The zero-order chi connectivity index (χ0) is 32.4. The molecular weight excluding hydrogens is 629 g/mol. The second-order valence-electron chi connectivity index (χ2n) is 13.4. The molecule has 46 heavy (non-hydrogen) atoms. The first-order valence-corrected chi connectivity index (χ1v) is 17.3. The van der Waals surface area contributed by atoms with Crippen molar-refractivity contribution in [2.24, 2.45) is 0 Å². The van der Waals surface area contributed by atoms with Crippen LogP contribution in [0, 0.1) is 0 Å². The van der Waals surface area contributed by atoms with Crippen LogP contribution in [0.25, 0.3) is 11.1 Å². The number of hydrogen-bond acceptors (Lipinski definition) is 4. The zero-order valence-electron chi connectivity index (χ0n) is 27.1. The van der Waals surface area contributed by atoms with Crippen molar-refractivity contribution in [3.05, 3.63) is 128 Å². The van der Waals surface area contributed by atoms with E-state index in [1.807, 2.05) is 36.4 Å². The molecule has 1 aliphatic carbocycles. The highest BCUT2D eigenvalue weighted by Gasteiger charge is 2.43. The van der Waals surface area contributed by atoms with E-state index in [4.69, 9.17) is 32.6 Å². The standard InChI is InChI=1S/C39H38Cl2N3OS/c1-38(2)28-22-26(40)16-18-31(28)43(5)34(38)20-14-24-10-9-11-25(36(24)46-37-42-30-12-7-8-13-33(30)45-37)15-21-35-39(3,4)29-23-27(41)17-19-32(29)44(35)6/h7-8,12-23H,9-11H2,1-6H3/q+1. The number of aromatic nitrogens is 1. The van der Waals surface area contributed by atoms with Crippen molar-refractivity contribution in [3.63, 3.8) is 0 Å². The lowest BCUT2D eigenvalue weighted by Crippen LogP contribution is -2.26. The van der Waals surface area contributed by atoms with Crippen LogP contribution in [-0.2, 0) is 10.8 Å². The molecule has 0 atom stereocenters. The Bertz CT molecular complexity index is 2030. The molecule has 0 saturated heterocycles. The van der Waals surface area contributed by atoms with Crippen molar-refractivity contribution in [1.29, 1.82) is 0 Å². The van der Waals surface area contributed by atoms with Gasteiger partial charge in [-0.15, -0.1) is 0 Å². The first-order chi connectivity index (χ1) is 21.9. The number of halogens is 2. The minimum atomic E-state index is -0.173. The second-order valence-corrected chi connectivity index (χ2v) is 15.2. The number of para-hydroxylation sites is 2. The SMILES string of the molecule is CN1C(=CC=C2CCCC(C=CC3=[N+](C)c4ccc(Cl)cc4C3(C)C)=C2Sc2nc3ccccc3o2)C(C)(C)c2cc(Cl)ccc21. The van der Waals surface area contributed by atoms with E-state index in [2.05, 4.69) is 99.8 Å². The Morgan fingerprint density at radius 3 is 2.41 bits per heavy atom. The van der Waals surface area contributed by atoms with E-state index < -0.39 is 0 Å². The lowest BCUT2D eigenvalue weighted by Gasteiger charge is -2.25. The van der Waals surface area contributed by atoms with Gasteiger partial charge in [0, 0.05) is 56.5 Å². The van der Waals surface area contributed by atoms with Gasteiger partial charge in [-0.2, -0.15) is 4.58 Å². The fourth-order valence-electron chi connectivity index (χ4n) is 7.31. The number of rotatable bonds is 5. The number of thioether (sulfide) groups is 1. The summed E-state index contributed by atoms with van der Waals surface area (Å²) in [6.07, 6.45) is 12.3. The van der Waals surface area contributed by atoms with Gasteiger partial charge in [-0.05, 0) is 110 Å². The molecule has 2 aliphatic heterocycles. The summed E-state index contributed by atoms with van der Waals surface area (Å²) < 4.78 is 8.53. The topological polar surface area (TPSA) is 32.3 Å². The maximum absolute atomic E-state index is 6.43. The van der Waals surface area contributed by atoms with Crippen molar-refractivity contribution in [3.8, 4) is 0 Å². The summed E-state index contributed by atoms with van der Waals surface area (Å²) >= 11 is 14.5. The summed E-state index contributed by atoms with van der Waals surface area (Å²) in [7, 11) is 4.29. The average Bonchev–Trinajstić information content (AvgIpc) is 3.57. The molecule has 0 spiro atoms. The highest BCUT2D eigenvalue weighted by molar-refractivity contribution is 8.03. The number of benzene rings is 3. The van der Waals surface area contributed by atoms with Gasteiger partial charge < -0.3 is 9.32 Å². The van der Waals surface area contributed by atoms with Crippen LogP contribution in [0.5, 0.6) is 0 Å². The summed E-state index contributed by atoms with van der Waals surface area (Å²) in [5.41, 5.74) is 11.3. The van der Waals surface area contributed by atoms with Crippen LogP contribution in [0.1, 0.15) is 58.1 Å². The maximum Gasteiger partial charge on any atom is 0.261 e. The van der Waals surface area contributed by atoms with Crippen molar-refractivity contribution >= 4 is 63.1 Å². The predicted molar refractivity (Wildman–Crippen MR) is 194 cm³/mol. The Morgan fingerprint density at radius 2 is 1.63 bits per heavy atom. The summed E-state index contributed by atoms with van der Waals surface area (Å²) in [6, 6.07) is 20.4. The molecule has 0 unspecified atom stereocenters. The Hall–Kier alpha value is -3.51. The molecule has 7 heteroatoms. The minimum absolute atomic E-state index is 0.173. The van der Waals surface area contributed by atoms with Crippen LogP contribution < -0.4 is 4.90 Å². The van der Waals surface area contributed by atoms with E-state index in [1.54, 1.807) is 11.8 Å². The molecule has 4 nitrogen and oxygen atoms in total. The molecule has 234 valence electrons. The number of likely N-dealkylation sites (N-methyl/N-ethyl adjacent to an activating group) is 1. The number of oxazole rings is 1. The molecule has 7 rings (SSSR count). The van der Waals surface area contributed by atoms with Gasteiger partial charge in [0.15, 0.2) is 11.3 Å². The molecule has 0 fully saturated rings. The monoisotopic (exact) mass is 666 g/mol. The molecule has 0 saturated carbocycles. The fourth-order valence-corrected chi connectivity index (χ4v) is 8.71. The lowest BCUT2D eigenvalue weighted by atomic mass is 9.81. The van der Waals surface area contributed by atoms with Crippen LogP contribution in [0.4, 0.5) is 11.4 Å². The number of anilines is 1. The van der Waals surface area contributed by atoms with E-state index in [-0.39, 0.29) is 10.8 Å². The molecule has 1 aromatic heterocycles. The average molecular weight is 668 g/mol.